The highest BCUT2D eigenvalue weighted by molar-refractivity contribution is 6.13. The van der Waals surface area contributed by atoms with Crippen LogP contribution in [0.3, 0.4) is 0 Å². The highest BCUT2D eigenvalue weighted by atomic mass is 16.3. The van der Waals surface area contributed by atoms with Gasteiger partial charge < -0.3 is 9.32 Å². The Morgan fingerprint density at radius 3 is 1.50 bits per heavy atom. The Morgan fingerprint density at radius 2 is 0.817 bits per heavy atom. The second-order valence-electron chi connectivity index (χ2n) is 17.1. The summed E-state index contributed by atoms with van der Waals surface area (Å²) in [5.41, 5.74) is 22.5. The maximum Gasteiger partial charge on any atom is 0.137 e. The lowest BCUT2D eigenvalue weighted by Gasteiger charge is -2.36. The van der Waals surface area contributed by atoms with Crippen LogP contribution in [0.5, 0.6) is 0 Å². The lowest BCUT2D eigenvalue weighted by molar-refractivity contribution is 0.660. The molecule has 3 aliphatic carbocycles. The molecule has 0 saturated heterocycles. The fraction of sp³-hybridized carbons (Fsp3) is 0.0690. The Kier molecular flexibility index (Phi) is 6.74. The number of nitrogens with zero attached hydrogens (tertiary/aromatic N) is 1. The molecule has 0 aliphatic heterocycles. The number of para-hydroxylation sites is 1. The number of rotatable bonds is 3. The van der Waals surface area contributed by atoms with Crippen LogP contribution in [-0.4, -0.2) is 0 Å². The van der Waals surface area contributed by atoms with E-state index in [0.29, 0.717) is 0 Å². The molecule has 10 aromatic rings. The molecule has 0 N–H and O–H groups in total. The fourth-order valence-corrected chi connectivity index (χ4v) is 11.4. The van der Waals surface area contributed by atoms with Crippen LogP contribution in [0.2, 0.25) is 0 Å². The summed E-state index contributed by atoms with van der Waals surface area (Å²) in [7, 11) is 0. The van der Waals surface area contributed by atoms with Crippen molar-refractivity contribution in [3.05, 3.63) is 234 Å². The van der Waals surface area contributed by atoms with Gasteiger partial charge in [0.2, 0.25) is 0 Å². The Bertz CT molecular complexity index is 3390. The highest BCUT2D eigenvalue weighted by Gasteiger charge is 2.49. The summed E-state index contributed by atoms with van der Waals surface area (Å²) in [6.07, 6.45) is 0. The molecule has 1 spiro atoms. The van der Waals surface area contributed by atoms with E-state index in [0.717, 1.165) is 39.0 Å². The standard InChI is InChI=1S/C58H39NO/c1-57(2)47-23-10-5-19-41(47)44-32-30-37(35-52(44)57)59(53-27-15-29-55-56(53)45-22-9-14-28-54(45)60-55)36-31-33-51-46(34-36)39-17-4-3-16-38(39)40-18-6-11-24-48(40)58(51)49-25-12-7-20-42(49)43-21-8-13-26-50(43)58/h3-35H,1-2H3. The van der Waals surface area contributed by atoms with Gasteiger partial charge in [0.05, 0.1) is 16.5 Å². The molecule has 3 aliphatic rings. The minimum atomic E-state index is -0.536. The minimum absolute atomic E-state index is 0.157. The van der Waals surface area contributed by atoms with E-state index >= 15 is 0 Å². The van der Waals surface area contributed by atoms with E-state index in [4.69, 9.17) is 4.42 Å². The van der Waals surface area contributed by atoms with Gasteiger partial charge in [0.15, 0.2) is 0 Å². The molecule has 0 atom stereocenters. The zero-order valence-electron chi connectivity index (χ0n) is 33.4. The van der Waals surface area contributed by atoms with E-state index in [-0.39, 0.29) is 5.41 Å². The normalized spacial score (nSPS) is 14.4. The van der Waals surface area contributed by atoms with Crippen LogP contribution >= 0.6 is 0 Å². The first-order valence-electron chi connectivity index (χ1n) is 21.0. The zero-order valence-corrected chi connectivity index (χ0v) is 33.4. The van der Waals surface area contributed by atoms with Gasteiger partial charge in [-0.15, -0.1) is 0 Å². The zero-order chi connectivity index (χ0) is 39.7. The fourth-order valence-electron chi connectivity index (χ4n) is 11.4. The van der Waals surface area contributed by atoms with Gasteiger partial charge in [-0.3, -0.25) is 0 Å². The number of benzene rings is 9. The molecule has 0 amide bonds. The van der Waals surface area contributed by atoms with Crippen molar-refractivity contribution in [2.24, 2.45) is 0 Å². The summed E-state index contributed by atoms with van der Waals surface area (Å²) >= 11 is 0. The van der Waals surface area contributed by atoms with E-state index in [1.165, 1.54) is 77.9 Å². The monoisotopic (exact) mass is 765 g/mol. The molecule has 2 nitrogen and oxygen atoms in total. The average molecular weight is 766 g/mol. The van der Waals surface area contributed by atoms with E-state index < -0.39 is 5.41 Å². The lowest BCUT2D eigenvalue weighted by Crippen LogP contribution is -2.29. The Morgan fingerprint density at radius 1 is 0.350 bits per heavy atom. The predicted molar refractivity (Wildman–Crippen MR) is 248 cm³/mol. The van der Waals surface area contributed by atoms with Crippen LogP contribution < -0.4 is 4.90 Å². The summed E-state index contributed by atoms with van der Waals surface area (Å²) in [6, 6.07) is 74.5. The topological polar surface area (TPSA) is 16.4 Å². The van der Waals surface area contributed by atoms with Gasteiger partial charge in [-0.2, -0.15) is 0 Å². The van der Waals surface area contributed by atoms with Gasteiger partial charge in [0, 0.05) is 22.2 Å². The van der Waals surface area contributed by atoms with Crippen LogP contribution in [-0.2, 0) is 10.8 Å². The molecule has 2 heteroatoms. The quantitative estimate of drug-likeness (QED) is 0.178. The number of hydrogen-bond donors (Lipinski definition) is 0. The van der Waals surface area contributed by atoms with Crippen LogP contribution in [0.1, 0.15) is 47.2 Å². The van der Waals surface area contributed by atoms with Crippen molar-refractivity contribution in [2.75, 3.05) is 4.90 Å². The van der Waals surface area contributed by atoms with Crippen molar-refractivity contribution in [1.82, 2.24) is 0 Å². The van der Waals surface area contributed by atoms with E-state index in [1.807, 2.05) is 0 Å². The third-order valence-corrected chi connectivity index (χ3v) is 13.9. The van der Waals surface area contributed by atoms with E-state index in [9.17, 15) is 0 Å². The molecule has 282 valence electrons. The molecule has 1 aromatic heterocycles. The molecular weight excluding hydrogens is 727 g/mol. The molecule has 0 radical (unpaired) electrons. The smallest absolute Gasteiger partial charge is 0.137 e. The van der Waals surface area contributed by atoms with Gasteiger partial charge in [-0.05, 0) is 120 Å². The van der Waals surface area contributed by atoms with Crippen LogP contribution in [0.15, 0.2) is 205 Å². The maximum absolute atomic E-state index is 6.56. The van der Waals surface area contributed by atoms with E-state index in [2.05, 4.69) is 219 Å². The second kappa shape index (κ2) is 12.1. The van der Waals surface area contributed by atoms with Crippen LogP contribution in [0.4, 0.5) is 17.1 Å². The number of hydrogen-bond acceptors (Lipinski definition) is 2. The average Bonchev–Trinajstić information content (AvgIpc) is 3.88. The number of furan rings is 1. The van der Waals surface area contributed by atoms with Gasteiger partial charge >= 0.3 is 0 Å². The summed E-state index contributed by atoms with van der Waals surface area (Å²) < 4.78 is 6.56. The molecule has 0 bridgehead atoms. The summed E-state index contributed by atoms with van der Waals surface area (Å²) in [5, 5.41) is 2.21. The second-order valence-corrected chi connectivity index (χ2v) is 17.1. The molecule has 0 fully saturated rings. The highest BCUT2D eigenvalue weighted by Crippen LogP contribution is 2.62. The van der Waals surface area contributed by atoms with Crippen molar-refractivity contribution in [3.63, 3.8) is 0 Å². The van der Waals surface area contributed by atoms with Crippen molar-refractivity contribution in [3.8, 4) is 44.5 Å². The first kappa shape index (κ1) is 33.5. The summed E-state index contributed by atoms with van der Waals surface area (Å²) in [6.45, 7) is 4.73. The Balaban J connectivity index is 1.14. The maximum atomic E-state index is 6.56. The third-order valence-electron chi connectivity index (χ3n) is 13.9. The summed E-state index contributed by atoms with van der Waals surface area (Å²) in [5.74, 6) is 0. The molecule has 9 aromatic carbocycles. The minimum Gasteiger partial charge on any atom is -0.456 e. The molecule has 13 rings (SSSR count). The van der Waals surface area contributed by atoms with Crippen LogP contribution in [0, 0.1) is 0 Å². The SMILES string of the molecule is CC1(C)c2ccccc2-c2ccc(N(c3ccc4c(c3)-c3ccccc3-c3ccccc3C43c4ccccc4-c4ccccc43)c3cccc4oc5ccccc5c34)cc21. The van der Waals surface area contributed by atoms with Crippen molar-refractivity contribution in [2.45, 2.75) is 24.7 Å². The van der Waals surface area contributed by atoms with Gasteiger partial charge in [0.1, 0.15) is 11.2 Å². The molecule has 60 heavy (non-hydrogen) atoms. The van der Waals surface area contributed by atoms with E-state index in [1.54, 1.807) is 0 Å². The Hall–Kier alpha value is -7.42. The lowest BCUT2D eigenvalue weighted by atomic mass is 9.66. The molecular formula is C58H39NO. The van der Waals surface area contributed by atoms with Gasteiger partial charge in [-0.25, -0.2) is 0 Å². The Labute approximate surface area is 349 Å². The number of anilines is 3. The third kappa shape index (κ3) is 4.27. The number of fused-ring (bicyclic) bond motifs is 18. The largest absolute Gasteiger partial charge is 0.456 e. The molecule has 0 unspecified atom stereocenters. The van der Waals surface area contributed by atoms with Crippen molar-refractivity contribution >= 4 is 39.0 Å². The summed E-state index contributed by atoms with van der Waals surface area (Å²) in [4.78, 5) is 2.48. The van der Waals surface area contributed by atoms with Crippen molar-refractivity contribution in [1.29, 1.82) is 0 Å². The van der Waals surface area contributed by atoms with Gasteiger partial charge in [0.25, 0.3) is 0 Å². The molecule has 1 heterocycles. The van der Waals surface area contributed by atoms with Gasteiger partial charge in [-0.1, -0.05) is 172 Å². The predicted octanol–water partition coefficient (Wildman–Crippen LogP) is 15.4. The first-order chi connectivity index (χ1) is 29.5. The molecule has 0 saturated carbocycles. The van der Waals surface area contributed by atoms with Crippen molar-refractivity contribution < 1.29 is 4.42 Å². The first-order valence-corrected chi connectivity index (χ1v) is 21.0. The van der Waals surface area contributed by atoms with Crippen LogP contribution in [0.25, 0.3) is 66.4 Å².